The van der Waals surface area contributed by atoms with Crippen LogP contribution in [0.4, 0.5) is 0 Å². The minimum Gasteiger partial charge on any atom is -0.297 e. The summed E-state index contributed by atoms with van der Waals surface area (Å²) in [5.41, 5.74) is 1.18. The van der Waals surface area contributed by atoms with Crippen LogP contribution in [0.15, 0.2) is 4.99 Å². The summed E-state index contributed by atoms with van der Waals surface area (Å²) in [6.07, 6.45) is 3.08. The van der Waals surface area contributed by atoms with Crippen molar-refractivity contribution in [3.05, 3.63) is 6.42 Å². The number of rotatable bonds is 2. The van der Waals surface area contributed by atoms with Gasteiger partial charge in [0.05, 0.1) is 0 Å². The van der Waals surface area contributed by atoms with Crippen LogP contribution in [0.3, 0.4) is 0 Å². The van der Waals surface area contributed by atoms with Crippen molar-refractivity contribution in [3.63, 3.8) is 0 Å². The lowest BCUT2D eigenvalue weighted by atomic mass is 10.2. The molecule has 7 heavy (non-hydrogen) atoms. The maximum absolute atomic E-state index is 3.99. The van der Waals surface area contributed by atoms with Gasteiger partial charge in [0.15, 0.2) is 0 Å². The second-order valence-electron chi connectivity index (χ2n) is 1.36. The molecule has 0 spiro atoms. The largest absolute Gasteiger partial charge is 0.297 e. The van der Waals surface area contributed by atoms with Crippen molar-refractivity contribution < 1.29 is 0 Å². The zero-order chi connectivity index (χ0) is 5.70. The minimum absolute atomic E-state index is 1.05. The molecule has 0 aromatic rings. The van der Waals surface area contributed by atoms with E-state index in [1.165, 1.54) is 5.71 Å². The quantitative estimate of drug-likeness (QED) is 0.466. The molecule has 1 heteroatoms. The molecule has 0 saturated heterocycles. The van der Waals surface area contributed by atoms with E-state index in [4.69, 9.17) is 0 Å². The Kier molecular flexibility index (Phi) is 3.67. The van der Waals surface area contributed by atoms with Gasteiger partial charge in [0.2, 0.25) is 0 Å². The van der Waals surface area contributed by atoms with E-state index in [2.05, 4.69) is 11.9 Å². The van der Waals surface area contributed by atoms with E-state index in [1.807, 2.05) is 20.4 Å². The topological polar surface area (TPSA) is 12.4 Å². The van der Waals surface area contributed by atoms with Gasteiger partial charge in [0, 0.05) is 19.2 Å². The molecule has 1 radical (unpaired) electrons. The average molecular weight is 98.2 g/mol. The van der Waals surface area contributed by atoms with Crippen LogP contribution in [0, 0.1) is 6.42 Å². The van der Waals surface area contributed by atoms with E-state index in [0.717, 1.165) is 6.42 Å². The van der Waals surface area contributed by atoms with Gasteiger partial charge in [-0.1, -0.05) is 13.8 Å². The third kappa shape index (κ3) is 2.38. The van der Waals surface area contributed by atoms with Gasteiger partial charge in [-0.05, 0) is 6.42 Å². The fraction of sp³-hybridized carbons (Fsp3) is 0.667. The van der Waals surface area contributed by atoms with Gasteiger partial charge < -0.3 is 0 Å². The molecule has 0 fully saturated rings. The highest BCUT2D eigenvalue weighted by Gasteiger charge is 1.84. The highest BCUT2D eigenvalue weighted by molar-refractivity contribution is 5.91. The molecule has 0 aliphatic heterocycles. The molecule has 0 saturated carbocycles. The molecule has 0 bridgehead atoms. The Morgan fingerprint density at radius 1 is 1.71 bits per heavy atom. The smallest absolute Gasteiger partial charge is 0.0276 e. The molecular formula is C6H12N. The summed E-state index contributed by atoms with van der Waals surface area (Å²) in [4.78, 5) is 3.99. The van der Waals surface area contributed by atoms with E-state index >= 15 is 0 Å². The van der Waals surface area contributed by atoms with E-state index in [-0.39, 0.29) is 0 Å². The molecule has 41 valence electrons. The number of nitrogens with zero attached hydrogens (tertiary/aromatic N) is 1. The SMILES string of the molecule is C[CH]/C(CC)=N/C. The first kappa shape index (κ1) is 6.67. The van der Waals surface area contributed by atoms with E-state index in [1.54, 1.807) is 0 Å². The number of hydrogen-bond acceptors (Lipinski definition) is 1. The highest BCUT2D eigenvalue weighted by Crippen LogP contribution is 1.86. The predicted molar refractivity (Wildman–Crippen MR) is 33.6 cm³/mol. The van der Waals surface area contributed by atoms with E-state index in [9.17, 15) is 0 Å². The van der Waals surface area contributed by atoms with Gasteiger partial charge in [-0.3, -0.25) is 4.99 Å². The Hall–Kier alpha value is -0.330. The fourth-order valence-electron chi connectivity index (χ4n) is 0.491. The van der Waals surface area contributed by atoms with Gasteiger partial charge >= 0.3 is 0 Å². The summed E-state index contributed by atoms with van der Waals surface area (Å²) in [6.45, 7) is 4.11. The zero-order valence-electron chi connectivity index (χ0n) is 5.23. The Labute approximate surface area is 45.5 Å². The molecular weight excluding hydrogens is 86.1 g/mol. The minimum atomic E-state index is 1.05. The second-order valence-corrected chi connectivity index (χ2v) is 1.36. The Morgan fingerprint density at radius 2 is 2.29 bits per heavy atom. The summed E-state index contributed by atoms with van der Waals surface area (Å²) in [7, 11) is 1.82. The molecule has 0 N–H and O–H groups in total. The van der Waals surface area contributed by atoms with Crippen molar-refractivity contribution in [1.82, 2.24) is 0 Å². The monoisotopic (exact) mass is 98.1 g/mol. The van der Waals surface area contributed by atoms with Gasteiger partial charge in [0.1, 0.15) is 0 Å². The lowest BCUT2D eigenvalue weighted by Gasteiger charge is -1.91. The van der Waals surface area contributed by atoms with Crippen molar-refractivity contribution in [2.45, 2.75) is 20.3 Å². The Balaban J connectivity index is 3.38. The lowest BCUT2D eigenvalue weighted by Crippen LogP contribution is -1.91. The van der Waals surface area contributed by atoms with Crippen molar-refractivity contribution >= 4 is 5.71 Å². The molecule has 0 heterocycles. The zero-order valence-corrected chi connectivity index (χ0v) is 5.23. The van der Waals surface area contributed by atoms with E-state index < -0.39 is 0 Å². The standard InChI is InChI=1S/C6H12N/c1-4-6(5-2)7-3/h4H,5H2,1-3H3/b7-6-. The third-order valence-electron chi connectivity index (χ3n) is 0.983. The van der Waals surface area contributed by atoms with Crippen molar-refractivity contribution in [3.8, 4) is 0 Å². The molecule has 0 atom stereocenters. The maximum Gasteiger partial charge on any atom is 0.0276 e. The molecule has 0 aliphatic carbocycles. The van der Waals surface area contributed by atoms with Crippen LogP contribution in [-0.4, -0.2) is 12.8 Å². The van der Waals surface area contributed by atoms with Crippen molar-refractivity contribution in [2.24, 2.45) is 4.99 Å². The first-order valence-corrected chi connectivity index (χ1v) is 2.60. The predicted octanol–water partition coefficient (Wildman–Crippen LogP) is 1.69. The molecule has 0 aliphatic rings. The van der Waals surface area contributed by atoms with Crippen LogP contribution in [-0.2, 0) is 0 Å². The van der Waals surface area contributed by atoms with Crippen LogP contribution in [0.5, 0.6) is 0 Å². The molecule has 0 rings (SSSR count). The Morgan fingerprint density at radius 3 is 2.29 bits per heavy atom. The fourth-order valence-corrected chi connectivity index (χ4v) is 0.491. The highest BCUT2D eigenvalue weighted by atomic mass is 14.7. The van der Waals surface area contributed by atoms with Crippen LogP contribution in [0.25, 0.3) is 0 Å². The van der Waals surface area contributed by atoms with Crippen molar-refractivity contribution in [1.29, 1.82) is 0 Å². The average Bonchev–Trinajstić information content (AvgIpc) is 1.72. The first-order valence-electron chi connectivity index (χ1n) is 2.60. The maximum atomic E-state index is 3.99. The first-order chi connectivity index (χ1) is 3.35. The van der Waals surface area contributed by atoms with Crippen molar-refractivity contribution in [2.75, 3.05) is 7.05 Å². The summed E-state index contributed by atoms with van der Waals surface area (Å²) >= 11 is 0. The Bertz CT molecular complexity index is 58.6. The van der Waals surface area contributed by atoms with Crippen LogP contribution in [0.1, 0.15) is 20.3 Å². The number of aliphatic imine (C=N–C) groups is 1. The van der Waals surface area contributed by atoms with Crippen LogP contribution in [0.2, 0.25) is 0 Å². The lowest BCUT2D eigenvalue weighted by molar-refractivity contribution is 1.23. The number of hydrogen-bond donors (Lipinski definition) is 0. The molecule has 0 aromatic heterocycles. The van der Waals surface area contributed by atoms with Gasteiger partial charge in [-0.25, -0.2) is 0 Å². The summed E-state index contributed by atoms with van der Waals surface area (Å²) in [5, 5.41) is 0. The van der Waals surface area contributed by atoms with Gasteiger partial charge in [-0.2, -0.15) is 0 Å². The molecule has 0 amide bonds. The molecule has 0 unspecified atom stereocenters. The third-order valence-corrected chi connectivity index (χ3v) is 0.983. The molecule has 1 nitrogen and oxygen atoms in total. The normalized spacial score (nSPS) is 12.1. The van der Waals surface area contributed by atoms with Crippen LogP contribution >= 0.6 is 0 Å². The van der Waals surface area contributed by atoms with Gasteiger partial charge in [-0.15, -0.1) is 0 Å². The second kappa shape index (κ2) is 3.85. The van der Waals surface area contributed by atoms with E-state index in [0.29, 0.717) is 0 Å². The van der Waals surface area contributed by atoms with Gasteiger partial charge in [0.25, 0.3) is 0 Å². The molecule has 0 aromatic carbocycles. The van der Waals surface area contributed by atoms with Crippen LogP contribution < -0.4 is 0 Å². The summed E-state index contributed by atoms with van der Waals surface area (Å²) in [6, 6.07) is 0. The summed E-state index contributed by atoms with van der Waals surface area (Å²) < 4.78 is 0. The summed E-state index contributed by atoms with van der Waals surface area (Å²) in [5.74, 6) is 0.